The Morgan fingerprint density at radius 2 is 2.14 bits per heavy atom. The Kier molecular flexibility index (Phi) is 4.23. The molecule has 0 aliphatic heterocycles. The van der Waals surface area contributed by atoms with E-state index < -0.39 is 0 Å². The number of carbonyl (C=O) groups excluding carboxylic acids is 1. The SMILES string of the molecule is COc1ccccc1CNc1cncc(C(=O)NC2CC2)c1. The van der Waals surface area contributed by atoms with E-state index in [0.29, 0.717) is 18.2 Å². The lowest BCUT2D eigenvalue weighted by Crippen LogP contribution is -2.25. The summed E-state index contributed by atoms with van der Waals surface area (Å²) in [7, 11) is 1.66. The van der Waals surface area contributed by atoms with E-state index in [1.54, 1.807) is 19.5 Å². The Bertz CT molecular complexity index is 668. The number of methoxy groups -OCH3 is 1. The van der Waals surface area contributed by atoms with Gasteiger partial charge in [0.1, 0.15) is 5.75 Å². The topological polar surface area (TPSA) is 63.2 Å². The van der Waals surface area contributed by atoms with Crippen molar-refractivity contribution in [2.75, 3.05) is 12.4 Å². The average molecular weight is 297 g/mol. The summed E-state index contributed by atoms with van der Waals surface area (Å²) in [6.45, 7) is 0.611. The van der Waals surface area contributed by atoms with E-state index in [-0.39, 0.29) is 5.91 Å². The number of para-hydroxylation sites is 1. The van der Waals surface area contributed by atoms with E-state index in [1.165, 1.54) is 0 Å². The van der Waals surface area contributed by atoms with Crippen LogP contribution in [0.15, 0.2) is 42.7 Å². The smallest absolute Gasteiger partial charge is 0.253 e. The minimum atomic E-state index is -0.0593. The molecule has 1 saturated carbocycles. The summed E-state index contributed by atoms with van der Waals surface area (Å²) in [6.07, 6.45) is 5.45. The zero-order valence-corrected chi connectivity index (χ0v) is 12.5. The molecule has 1 fully saturated rings. The predicted octanol–water partition coefficient (Wildman–Crippen LogP) is 2.59. The highest BCUT2D eigenvalue weighted by Crippen LogP contribution is 2.21. The second kappa shape index (κ2) is 6.47. The summed E-state index contributed by atoms with van der Waals surface area (Å²) in [5, 5.41) is 6.24. The van der Waals surface area contributed by atoms with Gasteiger partial charge in [0, 0.05) is 30.5 Å². The molecule has 114 valence electrons. The van der Waals surface area contributed by atoms with Crippen molar-refractivity contribution in [2.45, 2.75) is 25.4 Å². The van der Waals surface area contributed by atoms with Gasteiger partial charge in [0.05, 0.1) is 18.4 Å². The van der Waals surface area contributed by atoms with Gasteiger partial charge in [-0.15, -0.1) is 0 Å². The summed E-state index contributed by atoms with van der Waals surface area (Å²) in [4.78, 5) is 16.2. The predicted molar refractivity (Wildman–Crippen MR) is 85.0 cm³/mol. The molecule has 2 N–H and O–H groups in total. The fraction of sp³-hybridized carbons (Fsp3) is 0.294. The number of anilines is 1. The summed E-state index contributed by atoms with van der Waals surface area (Å²) >= 11 is 0. The molecule has 1 aromatic heterocycles. The van der Waals surface area contributed by atoms with Crippen LogP contribution >= 0.6 is 0 Å². The molecule has 0 saturated heterocycles. The molecule has 3 rings (SSSR count). The maximum atomic E-state index is 12.0. The highest BCUT2D eigenvalue weighted by molar-refractivity contribution is 5.95. The number of amides is 1. The van der Waals surface area contributed by atoms with Crippen molar-refractivity contribution in [1.29, 1.82) is 0 Å². The van der Waals surface area contributed by atoms with Crippen molar-refractivity contribution in [3.05, 3.63) is 53.9 Å². The van der Waals surface area contributed by atoms with Crippen LogP contribution in [0.25, 0.3) is 0 Å². The molecular formula is C17H19N3O2. The molecule has 1 aromatic carbocycles. The Labute approximate surface area is 129 Å². The van der Waals surface area contributed by atoms with Crippen molar-refractivity contribution in [3.8, 4) is 5.75 Å². The number of pyridine rings is 1. The third-order valence-electron chi connectivity index (χ3n) is 3.59. The van der Waals surface area contributed by atoms with Crippen molar-refractivity contribution in [2.24, 2.45) is 0 Å². The molecule has 1 amide bonds. The molecule has 5 nitrogen and oxygen atoms in total. The molecule has 0 atom stereocenters. The van der Waals surface area contributed by atoms with Crippen LogP contribution in [-0.2, 0) is 6.54 Å². The Balaban J connectivity index is 1.66. The zero-order chi connectivity index (χ0) is 15.4. The largest absolute Gasteiger partial charge is 0.496 e. The third-order valence-corrected chi connectivity index (χ3v) is 3.59. The van der Waals surface area contributed by atoms with E-state index in [4.69, 9.17) is 4.74 Å². The average Bonchev–Trinajstić information content (AvgIpc) is 3.37. The minimum Gasteiger partial charge on any atom is -0.496 e. The van der Waals surface area contributed by atoms with Gasteiger partial charge >= 0.3 is 0 Å². The summed E-state index contributed by atoms with van der Waals surface area (Å²) in [6, 6.07) is 10.00. The van der Waals surface area contributed by atoms with E-state index in [0.717, 1.165) is 29.8 Å². The first-order valence-electron chi connectivity index (χ1n) is 7.38. The number of rotatable bonds is 6. The summed E-state index contributed by atoms with van der Waals surface area (Å²) in [5.74, 6) is 0.779. The van der Waals surface area contributed by atoms with Crippen LogP contribution in [0.4, 0.5) is 5.69 Å². The van der Waals surface area contributed by atoms with Gasteiger partial charge < -0.3 is 15.4 Å². The van der Waals surface area contributed by atoms with E-state index >= 15 is 0 Å². The molecule has 5 heteroatoms. The van der Waals surface area contributed by atoms with Crippen molar-refractivity contribution in [1.82, 2.24) is 10.3 Å². The summed E-state index contributed by atoms with van der Waals surface area (Å²) < 4.78 is 5.33. The zero-order valence-electron chi connectivity index (χ0n) is 12.5. The lowest BCUT2D eigenvalue weighted by atomic mass is 10.2. The standard InChI is InChI=1S/C17H19N3O2/c1-22-16-5-3-2-4-12(16)10-19-15-8-13(9-18-11-15)17(21)20-14-6-7-14/h2-5,8-9,11,14,19H,6-7,10H2,1H3,(H,20,21). The van der Waals surface area contributed by atoms with Gasteiger partial charge in [-0.25, -0.2) is 0 Å². The number of nitrogens with one attached hydrogen (secondary N) is 2. The number of hydrogen-bond donors (Lipinski definition) is 2. The molecule has 0 spiro atoms. The first-order valence-corrected chi connectivity index (χ1v) is 7.38. The Morgan fingerprint density at radius 1 is 1.32 bits per heavy atom. The number of ether oxygens (including phenoxy) is 1. The van der Waals surface area contributed by atoms with Gasteiger partial charge in [0.2, 0.25) is 0 Å². The molecule has 0 unspecified atom stereocenters. The maximum absolute atomic E-state index is 12.0. The third kappa shape index (κ3) is 3.55. The number of aromatic nitrogens is 1. The van der Waals surface area contributed by atoms with Gasteiger partial charge in [-0.2, -0.15) is 0 Å². The van der Waals surface area contributed by atoms with Crippen LogP contribution < -0.4 is 15.4 Å². The van der Waals surface area contributed by atoms with Gasteiger partial charge in [0.25, 0.3) is 5.91 Å². The van der Waals surface area contributed by atoms with Crippen LogP contribution in [-0.4, -0.2) is 24.0 Å². The van der Waals surface area contributed by atoms with E-state index in [2.05, 4.69) is 15.6 Å². The Morgan fingerprint density at radius 3 is 2.91 bits per heavy atom. The fourth-order valence-corrected chi connectivity index (χ4v) is 2.20. The van der Waals surface area contributed by atoms with Crippen molar-refractivity contribution < 1.29 is 9.53 Å². The minimum absolute atomic E-state index is 0.0593. The number of carbonyl (C=O) groups is 1. The molecule has 22 heavy (non-hydrogen) atoms. The highest BCUT2D eigenvalue weighted by Gasteiger charge is 2.23. The second-order valence-electron chi connectivity index (χ2n) is 5.38. The molecule has 0 bridgehead atoms. The maximum Gasteiger partial charge on any atom is 0.253 e. The first kappa shape index (κ1) is 14.4. The second-order valence-corrected chi connectivity index (χ2v) is 5.38. The van der Waals surface area contributed by atoms with Crippen molar-refractivity contribution >= 4 is 11.6 Å². The number of nitrogens with zero attached hydrogens (tertiary/aromatic N) is 1. The van der Waals surface area contributed by atoms with Crippen LogP contribution in [0.3, 0.4) is 0 Å². The first-order chi connectivity index (χ1) is 10.8. The van der Waals surface area contributed by atoms with Crippen LogP contribution in [0.5, 0.6) is 5.75 Å². The van der Waals surface area contributed by atoms with Crippen LogP contribution in [0, 0.1) is 0 Å². The van der Waals surface area contributed by atoms with Gasteiger partial charge in [-0.05, 0) is 25.0 Å². The van der Waals surface area contributed by atoms with Crippen LogP contribution in [0.2, 0.25) is 0 Å². The number of hydrogen-bond acceptors (Lipinski definition) is 4. The molecular weight excluding hydrogens is 278 g/mol. The molecule has 0 radical (unpaired) electrons. The normalized spacial score (nSPS) is 13.5. The van der Waals surface area contributed by atoms with Gasteiger partial charge in [-0.3, -0.25) is 9.78 Å². The fourth-order valence-electron chi connectivity index (χ4n) is 2.20. The lowest BCUT2D eigenvalue weighted by Gasteiger charge is -2.11. The monoisotopic (exact) mass is 297 g/mol. The molecule has 1 aliphatic rings. The summed E-state index contributed by atoms with van der Waals surface area (Å²) in [5.41, 5.74) is 2.45. The molecule has 2 aromatic rings. The molecule has 1 heterocycles. The van der Waals surface area contributed by atoms with E-state index in [1.807, 2.05) is 30.3 Å². The van der Waals surface area contributed by atoms with Crippen molar-refractivity contribution in [3.63, 3.8) is 0 Å². The quantitative estimate of drug-likeness (QED) is 0.860. The number of benzene rings is 1. The highest BCUT2D eigenvalue weighted by atomic mass is 16.5. The van der Waals surface area contributed by atoms with Gasteiger partial charge in [0.15, 0.2) is 0 Å². The van der Waals surface area contributed by atoms with E-state index in [9.17, 15) is 4.79 Å². The van der Waals surface area contributed by atoms with Gasteiger partial charge in [-0.1, -0.05) is 18.2 Å². The Hall–Kier alpha value is -2.56. The molecule has 1 aliphatic carbocycles. The van der Waals surface area contributed by atoms with Crippen LogP contribution in [0.1, 0.15) is 28.8 Å². The lowest BCUT2D eigenvalue weighted by molar-refractivity contribution is 0.0951.